The number of aromatic nitrogens is 2. The summed E-state index contributed by atoms with van der Waals surface area (Å²) in [5.41, 5.74) is 0.928. The molecular formula is C20H19Cl2N3O2. The molecule has 0 aliphatic rings. The molecule has 0 saturated heterocycles. The molecule has 0 aliphatic heterocycles. The summed E-state index contributed by atoms with van der Waals surface area (Å²) >= 11 is 12.0. The molecule has 3 rings (SSSR count). The van der Waals surface area contributed by atoms with Gasteiger partial charge >= 0.3 is 0 Å². The van der Waals surface area contributed by atoms with Gasteiger partial charge in [0.05, 0.1) is 5.02 Å². The van der Waals surface area contributed by atoms with Crippen LogP contribution in [0.3, 0.4) is 0 Å². The van der Waals surface area contributed by atoms with Crippen LogP contribution in [-0.2, 0) is 11.8 Å². The minimum Gasteiger partial charge on any atom is -0.479 e. The Morgan fingerprint density at radius 1 is 1.19 bits per heavy atom. The molecule has 2 unspecified atom stereocenters. The van der Waals surface area contributed by atoms with Gasteiger partial charge in [-0.05, 0) is 30.7 Å². The Hall–Kier alpha value is -2.50. The van der Waals surface area contributed by atoms with Crippen molar-refractivity contribution in [1.29, 1.82) is 0 Å². The van der Waals surface area contributed by atoms with Crippen LogP contribution in [0, 0.1) is 0 Å². The lowest BCUT2D eigenvalue weighted by Gasteiger charge is -2.22. The second kappa shape index (κ2) is 8.46. The lowest BCUT2D eigenvalue weighted by Crippen LogP contribution is -2.39. The molecule has 1 amide bonds. The molecule has 0 fully saturated rings. The normalized spacial score (nSPS) is 13.0. The predicted molar refractivity (Wildman–Crippen MR) is 106 cm³/mol. The van der Waals surface area contributed by atoms with E-state index in [1.165, 1.54) is 0 Å². The van der Waals surface area contributed by atoms with Crippen molar-refractivity contribution in [2.75, 3.05) is 0 Å². The zero-order valence-electron chi connectivity index (χ0n) is 14.9. The Balaban J connectivity index is 1.79. The minimum atomic E-state index is -0.754. The van der Waals surface area contributed by atoms with E-state index in [9.17, 15) is 4.79 Å². The summed E-state index contributed by atoms with van der Waals surface area (Å²) in [5.74, 6) is 0.848. The van der Waals surface area contributed by atoms with Gasteiger partial charge in [0.15, 0.2) is 6.10 Å². The quantitative estimate of drug-likeness (QED) is 0.663. The van der Waals surface area contributed by atoms with Crippen LogP contribution in [0.1, 0.15) is 24.4 Å². The van der Waals surface area contributed by atoms with E-state index in [1.54, 1.807) is 31.3 Å². The highest BCUT2D eigenvalue weighted by Crippen LogP contribution is 2.28. The van der Waals surface area contributed by atoms with Crippen LogP contribution >= 0.6 is 23.2 Å². The van der Waals surface area contributed by atoms with E-state index in [-0.39, 0.29) is 5.91 Å². The Labute approximate surface area is 167 Å². The smallest absolute Gasteiger partial charge is 0.261 e. The van der Waals surface area contributed by atoms with Gasteiger partial charge in [-0.1, -0.05) is 53.5 Å². The van der Waals surface area contributed by atoms with Crippen LogP contribution in [0.25, 0.3) is 0 Å². The Morgan fingerprint density at radius 2 is 1.93 bits per heavy atom. The zero-order chi connectivity index (χ0) is 19.4. The SMILES string of the molecule is CC(Oc1ccc(Cl)cc1Cl)C(=O)NC(c1ccccc1)c1nccn1C. The van der Waals surface area contributed by atoms with Gasteiger partial charge in [-0.15, -0.1) is 0 Å². The molecule has 2 aromatic carbocycles. The number of hydrogen-bond acceptors (Lipinski definition) is 3. The van der Waals surface area contributed by atoms with Crippen LogP contribution in [0.4, 0.5) is 0 Å². The third-order valence-corrected chi connectivity index (χ3v) is 4.63. The van der Waals surface area contributed by atoms with E-state index in [0.717, 1.165) is 11.4 Å². The van der Waals surface area contributed by atoms with E-state index >= 15 is 0 Å². The van der Waals surface area contributed by atoms with Crippen LogP contribution in [0.5, 0.6) is 5.75 Å². The fourth-order valence-electron chi connectivity index (χ4n) is 2.67. The summed E-state index contributed by atoms with van der Waals surface area (Å²) in [6.45, 7) is 1.67. The van der Waals surface area contributed by atoms with Gasteiger partial charge in [0, 0.05) is 24.5 Å². The number of benzene rings is 2. The molecule has 2 atom stereocenters. The highest BCUT2D eigenvalue weighted by atomic mass is 35.5. The number of rotatable bonds is 6. The molecule has 1 aromatic heterocycles. The number of aryl methyl sites for hydroxylation is 1. The predicted octanol–water partition coefficient (Wildman–Crippen LogP) is 4.40. The molecule has 0 saturated carbocycles. The molecule has 1 N–H and O–H groups in total. The van der Waals surface area contributed by atoms with Crippen molar-refractivity contribution in [2.45, 2.75) is 19.1 Å². The number of nitrogens with zero attached hydrogens (tertiary/aromatic N) is 2. The number of hydrogen-bond donors (Lipinski definition) is 1. The van der Waals surface area contributed by atoms with Crippen molar-refractivity contribution in [3.63, 3.8) is 0 Å². The maximum Gasteiger partial charge on any atom is 0.261 e. The molecule has 5 nitrogen and oxygen atoms in total. The number of carbonyl (C=O) groups excluding carboxylic acids is 1. The number of halogens is 2. The van der Waals surface area contributed by atoms with Crippen molar-refractivity contribution in [3.05, 3.63) is 82.4 Å². The molecule has 1 heterocycles. The van der Waals surface area contributed by atoms with Crippen molar-refractivity contribution in [1.82, 2.24) is 14.9 Å². The van der Waals surface area contributed by atoms with Crippen molar-refractivity contribution < 1.29 is 9.53 Å². The topological polar surface area (TPSA) is 56.1 Å². The van der Waals surface area contributed by atoms with Crippen molar-refractivity contribution in [3.8, 4) is 5.75 Å². The maximum atomic E-state index is 12.8. The molecule has 0 radical (unpaired) electrons. The molecule has 3 aromatic rings. The molecule has 0 bridgehead atoms. The van der Waals surface area contributed by atoms with E-state index in [1.807, 2.05) is 48.1 Å². The van der Waals surface area contributed by atoms with Crippen LogP contribution < -0.4 is 10.1 Å². The molecule has 27 heavy (non-hydrogen) atoms. The number of ether oxygens (including phenoxy) is 1. The number of amides is 1. The minimum absolute atomic E-state index is 0.280. The van der Waals surface area contributed by atoms with Gasteiger partial charge < -0.3 is 14.6 Å². The molecule has 140 valence electrons. The summed E-state index contributed by atoms with van der Waals surface area (Å²) in [6.07, 6.45) is 2.78. The summed E-state index contributed by atoms with van der Waals surface area (Å²) in [7, 11) is 1.89. The Morgan fingerprint density at radius 3 is 2.56 bits per heavy atom. The fraction of sp³-hybridized carbons (Fsp3) is 0.200. The number of carbonyl (C=O) groups is 1. The summed E-state index contributed by atoms with van der Waals surface area (Å²) in [6, 6.07) is 14.1. The Kier molecular flexibility index (Phi) is 6.04. The monoisotopic (exact) mass is 403 g/mol. The number of nitrogens with one attached hydrogen (secondary N) is 1. The van der Waals surface area contributed by atoms with Gasteiger partial charge in [0.2, 0.25) is 0 Å². The Bertz CT molecular complexity index is 928. The fourth-order valence-corrected chi connectivity index (χ4v) is 3.13. The molecule has 7 heteroatoms. The van der Waals surface area contributed by atoms with Gasteiger partial charge in [-0.2, -0.15) is 0 Å². The van der Waals surface area contributed by atoms with Crippen molar-refractivity contribution >= 4 is 29.1 Å². The van der Waals surface area contributed by atoms with E-state index in [4.69, 9.17) is 27.9 Å². The zero-order valence-corrected chi connectivity index (χ0v) is 16.4. The lowest BCUT2D eigenvalue weighted by atomic mass is 10.1. The van der Waals surface area contributed by atoms with Crippen LogP contribution in [0.15, 0.2) is 60.9 Å². The number of imidazole rings is 1. The average molecular weight is 404 g/mol. The highest BCUT2D eigenvalue weighted by molar-refractivity contribution is 6.35. The molecular weight excluding hydrogens is 385 g/mol. The van der Waals surface area contributed by atoms with Gasteiger partial charge in [0.25, 0.3) is 5.91 Å². The first-order valence-electron chi connectivity index (χ1n) is 8.40. The second-order valence-electron chi connectivity index (χ2n) is 6.08. The second-order valence-corrected chi connectivity index (χ2v) is 6.93. The summed E-state index contributed by atoms with van der Waals surface area (Å²) in [4.78, 5) is 17.2. The van der Waals surface area contributed by atoms with Crippen LogP contribution in [0.2, 0.25) is 10.0 Å². The molecule has 0 aliphatic carbocycles. The third-order valence-electron chi connectivity index (χ3n) is 4.10. The molecule has 0 spiro atoms. The van der Waals surface area contributed by atoms with E-state index in [2.05, 4.69) is 10.3 Å². The summed E-state index contributed by atoms with van der Waals surface area (Å²) in [5, 5.41) is 3.87. The van der Waals surface area contributed by atoms with Crippen LogP contribution in [-0.4, -0.2) is 21.6 Å². The third kappa shape index (κ3) is 4.62. The first kappa shape index (κ1) is 19.3. The standard InChI is InChI=1S/C20H19Cl2N3O2/c1-13(27-17-9-8-15(21)12-16(17)22)20(26)24-18(14-6-4-3-5-7-14)19-23-10-11-25(19)2/h3-13,18H,1-2H3,(H,24,26). The van der Waals surface area contributed by atoms with Crippen molar-refractivity contribution in [2.24, 2.45) is 7.05 Å². The summed E-state index contributed by atoms with van der Waals surface area (Å²) < 4.78 is 7.59. The van der Waals surface area contributed by atoms with Gasteiger partial charge in [0.1, 0.15) is 17.6 Å². The highest BCUT2D eigenvalue weighted by Gasteiger charge is 2.24. The largest absolute Gasteiger partial charge is 0.479 e. The van der Waals surface area contributed by atoms with Gasteiger partial charge in [-0.25, -0.2) is 4.98 Å². The lowest BCUT2D eigenvalue weighted by molar-refractivity contribution is -0.127. The first-order valence-corrected chi connectivity index (χ1v) is 9.15. The van der Waals surface area contributed by atoms with E-state index in [0.29, 0.717) is 15.8 Å². The average Bonchev–Trinajstić information content (AvgIpc) is 3.08. The van der Waals surface area contributed by atoms with Gasteiger partial charge in [-0.3, -0.25) is 4.79 Å². The first-order chi connectivity index (χ1) is 13.0. The van der Waals surface area contributed by atoms with E-state index < -0.39 is 12.1 Å². The maximum absolute atomic E-state index is 12.8.